The molecule has 0 unspecified atom stereocenters. The monoisotopic (exact) mass is 647 g/mol. The first kappa shape index (κ1) is 27.2. The van der Waals surface area contributed by atoms with Crippen molar-refractivity contribution in [3.8, 4) is 39.1 Å². The summed E-state index contributed by atoms with van der Waals surface area (Å²) in [6, 6.07) is 64.5. The molecule has 0 aliphatic heterocycles. The highest BCUT2D eigenvalue weighted by atomic mass is 16.3. The van der Waals surface area contributed by atoms with Crippen molar-refractivity contribution in [2.75, 3.05) is 0 Å². The van der Waals surface area contributed by atoms with Crippen LogP contribution in [0.5, 0.6) is 0 Å². The molecular formula is C49H29NO. The number of hydrogen-bond donors (Lipinski definition) is 0. The van der Waals surface area contributed by atoms with Crippen molar-refractivity contribution in [1.82, 2.24) is 4.57 Å². The third-order valence-corrected chi connectivity index (χ3v) is 11.6. The lowest BCUT2D eigenvalue weighted by Gasteiger charge is -2.30. The highest BCUT2D eigenvalue weighted by molar-refractivity contribution is 6.16. The SMILES string of the molecule is c1ccc(-n2c3ccccc3c3cc(-c4cccc5oc6cc7c(cc6c45)-c4ccccc4C74c5ccccc5-c5ccccc54)ccc32)cc1. The van der Waals surface area contributed by atoms with Gasteiger partial charge in [-0.1, -0.05) is 127 Å². The molecule has 2 aliphatic rings. The molecule has 10 aromatic rings. The maximum Gasteiger partial charge on any atom is 0.136 e. The zero-order chi connectivity index (χ0) is 33.3. The zero-order valence-corrected chi connectivity index (χ0v) is 27.6. The first-order valence-corrected chi connectivity index (χ1v) is 17.7. The largest absolute Gasteiger partial charge is 0.456 e. The van der Waals surface area contributed by atoms with Crippen LogP contribution in [-0.2, 0) is 5.41 Å². The molecule has 2 aliphatic carbocycles. The van der Waals surface area contributed by atoms with E-state index in [0.717, 1.165) is 21.9 Å². The Morgan fingerprint density at radius 3 is 1.73 bits per heavy atom. The normalized spacial score (nSPS) is 13.6. The summed E-state index contributed by atoms with van der Waals surface area (Å²) in [5.41, 5.74) is 17.9. The highest BCUT2D eigenvalue weighted by Gasteiger charge is 2.51. The lowest BCUT2D eigenvalue weighted by atomic mass is 9.70. The van der Waals surface area contributed by atoms with Crippen LogP contribution >= 0.6 is 0 Å². The van der Waals surface area contributed by atoms with E-state index in [2.05, 4.69) is 180 Å². The number of fused-ring (bicyclic) bond motifs is 16. The molecule has 0 N–H and O–H groups in total. The summed E-state index contributed by atoms with van der Waals surface area (Å²) in [5.74, 6) is 0. The summed E-state index contributed by atoms with van der Waals surface area (Å²) < 4.78 is 9.21. The minimum absolute atomic E-state index is 0.396. The van der Waals surface area contributed by atoms with Gasteiger partial charge >= 0.3 is 0 Å². The molecule has 2 heteroatoms. The molecule has 2 heterocycles. The fourth-order valence-corrected chi connectivity index (χ4v) is 9.65. The lowest BCUT2D eigenvalue weighted by Crippen LogP contribution is -2.25. The van der Waals surface area contributed by atoms with Gasteiger partial charge in [-0.25, -0.2) is 0 Å². The quantitative estimate of drug-likeness (QED) is 0.183. The fraction of sp³-hybridized carbons (Fsp3) is 0.0204. The van der Waals surface area contributed by atoms with E-state index in [1.165, 1.54) is 83.1 Å². The van der Waals surface area contributed by atoms with E-state index < -0.39 is 5.41 Å². The van der Waals surface area contributed by atoms with Crippen LogP contribution in [-0.4, -0.2) is 4.57 Å². The molecular weight excluding hydrogens is 619 g/mol. The molecule has 8 aromatic carbocycles. The van der Waals surface area contributed by atoms with Gasteiger partial charge in [0, 0.05) is 27.2 Å². The molecule has 0 saturated carbocycles. The van der Waals surface area contributed by atoms with Crippen molar-refractivity contribution in [2.45, 2.75) is 5.41 Å². The molecule has 1 spiro atoms. The summed E-state index contributed by atoms with van der Waals surface area (Å²) >= 11 is 0. The first-order valence-electron chi connectivity index (χ1n) is 17.7. The van der Waals surface area contributed by atoms with Crippen molar-refractivity contribution in [3.63, 3.8) is 0 Å². The van der Waals surface area contributed by atoms with Crippen molar-refractivity contribution in [3.05, 3.63) is 198 Å². The van der Waals surface area contributed by atoms with Crippen LogP contribution in [0, 0.1) is 0 Å². The zero-order valence-electron chi connectivity index (χ0n) is 27.6. The summed E-state index contributed by atoms with van der Waals surface area (Å²) in [7, 11) is 0. The van der Waals surface area contributed by atoms with Crippen LogP contribution in [0.3, 0.4) is 0 Å². The van der Waals surface area contributed by atoms with Gasteiger partial charge in [0.15, 0.2) is 0 Å². The van der Waals surface area contributed by atoms with E-state index in [1.54, 1.807) is 0 Å². The van der Waals surface area contributed by atoms with Gasteiger partial charge in [0.1, 0.15) is 11.2 Å². The van der Waals surface area contributed by atoms with E-state index in [-0.39, 0.29) is 0 Å². The van der Waals surface area contributed by atoms with Crippen LogP contribution in [0.2, 0.25) is 0 Å². The van der Waals surface area contributed by atoms with Gasteiger partial charge in [0.2, 0.25) is 0 Å². The molecule has 236 valence electrons. The Hall–Kier alpha value is -6.64. The summed E-state index contributed by atoms with van der Waals surface area (Å²) in [6.07, 6.45) is 0. The fourth-order valence-electron chi connectivity index (χ4n) is 9.65. The Kier molecular flexibility index (Phi) is 5.20. The molecule has 0 saturated heterocycles. The summed E-state index contributed by atoms with van der Waals surface area (Å²) in [6.45, 7) is 0. The second kappa shape index (κ2) is 9.74. The molecule has 0 bridgehead atoms. The predicted octanol–water partition coefficient (Wildman–Crippen LogP) is 12.7. The minimum Gasteiger partial charge on any atom is -0.456 e. The Labute approximate surface area is 294 Å². The molecule has 0 amide bonds. The Morgan fingerprint density at radius 2 is 0.980 bits per heavy atom. The smallest absolute Gasteiger partial charge is 0.136 e. The topological polar surface area (TPSA) is 18.1 Å². The van der Waals surface area contributed by atoms with Crippen LogP contribution < -0.4 is 0 Å². The number of hydrogen-bond acceptors (Lipinski definition) is 1. The summed E-state index contributed by atoms with van der Waals surface area (Å²) in [4.78, 5) is 0. The molecule has 0 fully saturated rings. The molecule has 0 radical (unpaired) electrons. The van der Waals surface area contributed by atoms with Crippen LogP contribution in [0.25, 0.3) is 82.8 Å². The van der Waals surface area contributed by atoms with Gasteiger partial charge in [0.25, 0.3) is 0 Å². The van der Waals surface area contributed by atoms with Crippen molar-refractivity contribution >= 4 is 43.7 Å². The Bertz CT molecular complexity index is 3040. The van der Waals surface area contributed by atoms with Gasteiger partial charge in [-0.05, 0) is 104 Å². The van der Waals surface area contributed by atoms with Gasteiger partial charge in [-0.2, -0.15) is 0 Å². The van der Waals surface area contributed by atoms with Crippen LogP contribution in [0.1, 0.15) is 22.3 Å². The Morgan fingerprint density at radius 1 is 0.373 bits per heavy atom. The van der Waals surface area contributed by atoms with Gasteiger partial charge in [-0.3, -0.25) is 0 Å². The second-order valence-electron chi connectivity index (χ2n) is 14.0. The van der Waals surface area contributed by atoms with Crippen molar-refractivity contribution in [2.24, 2.45) is 0 Å². The van der Waals surface area contributed by atoms with E-state index in [1.807, 2.05) is 0 Å². The number of nitrogens with zero attached hydrogens (tertiary/aromatic N) is 1. The lowest BCUT2D eigenvalue weighted by molar-refractivity contribution is 0.666. The van der Waals surface area contributed by atoms with E-state index in [0.29, 0.717) is 0 Å². The number of rotatable bonds is 2. The highest BCUT2D eigenvalue weighted by Crippen LogP contribution is 2.63. The second-order valence-corrected chi connectivity index (χ2v) is 14.0. The molecule has 51 heavy (non-hydrogen) atoms. The molecule has 0 atom stereocenters. The van der Waals surface area contributed by atoms with Gasteiger partial charge in [-0.15, -0.1) is 0 Å². The Balaban J connectivity index is 1.13. The number of para-hydroxylation sites is 2. The molecule has 2 aromatic heterocycles. The standard InChI is InChI=1S/C49H29NO/c1-2-13-31(14-3-1)50-44-23-11-7-18-36(44)38-27-30(25-26-45(38)50)32-19-12-24-46-48(32)39-28-37-35-17-6-10-22-42(35)49(43(37)29-47(39)51-46)40-20-8-4-15-33(40)34-16-5-9-21-41(34)49/h1-29H. The first-order chi connectivity index (χ1) is 25.3. The average Bonchev–Trinajstić information content (AvgIpc) is 3.90. The molecule has 2 nitrogen and oxygen atoms in total. The maximum atomic E-state index is 6.83. The third-order valence-electron chi connectivity index (χ3n) is 11.6. The van der Waals surface area contributed by atoms with Crippen LogP contribution in [0.15, 0.2) is 180 Å². The maximum absolute atomic E-state index is 6.83. The third kappa shape index (κ3) is 3.37. The van der Waals surface area contributed by atoms with Crippen molar-refractivity contribution < 1.29 is 4.42 Å². The van der Waals surface area contributed by atoms with Gasteiger partial charge in [0.05, 0.1) is 16.4 Å². The average molecular weight is 648 g/mol. The van der Waals surface area contributed by atoms with E-state index in [9.17, 15) is 0 Å². The number of aromatic nitrogens is 1. The summed E-state index contributed by atoms with van der Waals surface area (Å²) in [5, 5.41) is 4.80. The molecule has 12 rings (SSSR count). The van der Waals surface area contributed by atoms with Gasteiger partial charge < -0.3 is 8.98 Å². The predicted molar refractivity (Wildman–Crippen MR) is 210 cm³/mol. The van der Waals surface area contributed by atoms with Crippen molar-refractivity contribution in [1.29, 1.82) is 0 Å². The number of benzene rings is 8. The number of furan rings is 1. The van der Waals surface area contributed by atoms with E-state index >= 15 is 0 Å². The minimum atomic E-state index is -0.396. The van der Waals surface area contributed by atoms with E-state index in [4.69, 9.17) is 4.42 Å². The van der Waals surface area contributed by atoms with Crippen LogP contribution in [0.4, 0.5) is 0 Å².